The molecule has 0 bridgehead atoms. The maximum atomic E-state index is 13.2. The van der Waals surface area contributed by atoms with Crippen molar-refractivity contribution in [3.63, 3.8) is 0 Å². The molecule has 1 atom stereocenters. The SMILES string of the molecule is CNC(=O)N1Cc2nc(Cl)nc(N[C@H](C)c3cc([N+](=O)[O-])cc(C(F)(F)F)c3)c2C1. The van der Waals surface area contributed by atoms with E-state index in [1.807, 2.05) is 0 Å². The predicted octanol–water partition coefficient (Wildman–Crippen LogP) is 3.89. The number of alkyl halides is 3. The molecule has 1 aliphatic rings. The van der Waals surface area contributed by atoms with E-state index < -0.39 is 28.4 Å². The minimum Gasteiger partial charge on any atom is -0.363 e. The number of aromatic nitrogens is 2. The highest BCUT2D eigenvalue weighted by Crippen LogP contribution is 2.35. The first kappa shape index (κ1) is 21.6. The van der Waals surface area contributed by atoms with Crippen LogP contribution in [0.25, 0.3) is 0 Å². The summed E-state index contributed by atoms with van der Waals surface area (Å²) in [4.78, 5) is 31.7. The fraction of sp³-hybridized carbons (Fsp3) is 0.353. The molecule has 3 rings (SSSR count). The molecule has 0 spiro atoms. The number of rotatable bonds is 4. The van der Waals surface area contributed by atoms with Crippen molar-refractivity contribution in [2.45, 2.75) is 32.2 Å². The van der Waals surface area contributed by atoms with Crippen LogP contribution in [-0.4, -0.2) is 32.9 Å². The van der Waals surface area contributed by atoms with Crippen molar-refractivity contribution in [2.75, 3.05) is 12.4 Å². The number of benzene rings is 1. The summed E-state index contributed by atoms with van der Waals surface area (Å²) >= 11 is 5.95. The second-order valence-electron chi connectivity index (χ2n) is 6.61. The Hall–Kier alpha value is -3.15. The summed E-state index contributed by atoms with van der Waals surface area (Å²) in [5.41, 5.74) is -0.692. The molecule has 2 aromatic rings. The molecular weight excluding hydrogens is 429 g/mol. The Labute approximate surface area is 173 Å². The smallest absolute Gasteiger partial charge is 0.363 e. The number of nitrogens with zero attached hydrogens (tertiary/aromatic N) is 4. The van der Waals surface area contributed by atoms with E-state index in [4.69, 9.17) is 11.6 Å². The molecular formula is C17H16ClF3N6O3. The fourth-order valence-corrected chi connectivity index (χ4v) is 3.27. The van der Waals surface area contributed by atoms with Gasteiger partial charge in [-0.3, -0.25) is 10.1 Å². The average molecular weight is 445 g/mol. The second-order valence-corrected chi connectivity index (χ2v) is 6.95. The van der Waals surface area contributed by atoms with Crippen molar-refractivity contribution in [1.29, 1.82) is 0 Å². The first-order chi connectivity index (χ1) is 14.0. The number of non-ortho nitro benzene ring substituents is 1. The number of nitro groups is 1. The molecule has 1 aliphatic heterocycles. The van der Waals surface area contributed by atoms with Crippen LogP contribution in [0, 0.1) is 10.1 Å². The van der Waals surface area contributed by atoms with Gasteiger partial charge in [0.05, 0.1) is 35.3 Å². The van der Waals surface area contributed by atoms with E-state index >= 15 is 0 Å². The van der Waals surface area contributed by atoms with Crippen molar-refractivity contribution in [3.05, 3.63) is 56.0 Å². The molecule has 0 saturated carbocycles. The molecule has 9 nitrogen and oxygen atoms in total. The number of fused-ring (bicyclic) bond motifs is 1. The van der Waals surface area contributed by atoms with E-state index in [-0.39, 0.29) is 35.8 Å². The molecule has 0 fully saturated rings. The maximum Gasteiger partial charge on any atom is 0.416 e. The van der Waals surface area contributed by atoms with Crippen LogP contribution in [0.2, 0.25) is 5.28 Å². The van der Waals surface area contributed by atoms with E-state index in [0.29, 0.717) is 17.3 Å². The van der Waals surface area contributed by atoms with Gasteiger partial charge in [0.1, 0.15) is 5.82 Å². The third kappa shape index (κ3) is 4.37. The molecule has 0 aliphatic carbocycles. The topological polar surface area (TPSA) is 113 Å². The van der Waals surface area contributed by atoms with Crippen molar-refractivity contribution in [3.8, 4) is 0 Å². The minimum atomic E-state index is -4.74. The Kier molecular flexibility index (Phi) is 5.70. The van der Waals surface area contributed by atoms with Crippen LogP contribution in [0.4, 0.5) is 29.5 Å². The highest BCUT2D eigenvalue weighted by atomic mass is 35.5. The Morgan fingerprint density at radius 3 is 2.60 bits per heavy atom. The lowest BCUT2D eigenvalue weighted by molar-refractivity contribution is -0.385. The van der Waals surface area contributed by atoms with Crippen LogP contribution < -0.4 is 10.6 Å². The van der Waals surface area contributed by atoms with Gasteiger partial charge in [-0.15, -0.1) is 0 Å². The van der Waals surface area contributed by atoms with E-state index in [2.05, 4.69) is 20.6 Å². The molecule has 1 aromatic heterocycles. The van der Waals surface area contributed by atoms with E-state index in [9.17, 15) is 28.1 Å². The minimum absolute atomic E-state index is 0.0427. The number of carbonyl (C=O) groups excluding carboxylic acids is 1. The molecule has 160 valence electrons. The lowest BCUT2D eigenvalue weighted by atomic mass is 10.0. The van der Waals surface area contributed by atoms with Crippen LogP contribution >= 0.6 is 11.6 Å². The van der Waals surface area contributed by atoms with Crippen molar-refractivity contribution < 1.29 is 22.9 Å². The number of hydrogen-bond donors (Lipinski definition) is 2. The lowest BCUT2D eigenvalue weighted by Crippen LogP contribution is -2.33. The molecule has 2 heterocycles. The van der Waals surface area contributed by atoms with Gasteiger partial charge in [0.25, 0.3) is 5.69 Å². The molecule has 0 radical (unpaired) electrons. The highest BCUT2D eigenvalue weighted by Gasteiger charge is 2.34. The fourth-order valence-electron chi connectivity index (χ4n) is 3.09. The first-order valence-electron chi connectivity index (χ1n) is 8.64. The standard InChI is InChI=1S/C17H16ClF3N6O3/c1-8(9-3-10(17(19,20)21)5-11(4-9)27(29)30)23-14-12-6-26(16(28)22-2)7-13(12)24-15(18)25-14/h3-5,8H,6-7H2,1-2H3,(H,22,28)(H,23,24,25)/t8-/m1/s1. The van der Waals surface area contributed by atoms with Gasteiger partial charge in [0, 0.05) is 24.7 Å². The quantitative estimate of drug-likeness (QED) is 0.420. The summed E-state index contributed by atoms with van der Waals surface area (Å²) in [5, 5.41) is 16.4. The molecule has 0 unspecified atom stereocenters. The summed E-state index contributed by atoms with van der Waals surface area (Å²) in [6, 6.07) is 1.26. The summed E-state index contributed by atoms with van der Waals surface area (Å²) in [7, 11) is 1.48. The Bertz CT molecular complexity index is 1020. The van der Waals surface area contributed by atoms with Gasteiger partial charge >= 0.3 is 12.2 Å². The first-order valence-corrected chi connectivity index (χ1v) is 9.02. The monoisotopic (exact) mass is 444 g/mol. The van der Waals surface area contributed by atoms with Crippen molar-refractivity contribution in [1.82, 2.24) is 20.2 Å². The molecule has 2 N–H and O–H groups in total. The van der Waals surface area contributed by atoms with Crippen LogP contribution in [0.3, 0.4) is 0 Å². The van der Waals surface area contributed by atoms with Crippen LogP contribution in [0.5, 0.6) is 0 Å². The molecule has 2 amide bonds. The van der Waals surface area contributed by atoms with E-state index in [1.54, 1.807) is 0 Å². The number of anilines is 1. The van der Waals surface area contributed by atoms with Crippen LogP contribution in [-0.2, 0) is 19.3 Å². The zero-order valence-electron chi connectivity index (χ0n) is 15.7. The average Bonchev–Trinajstić information content (AvgIpc) is 3.10. The lowest BCUT2D eigenvalue weighted by Gasteiger charge is -2.19. The van der Waals surface area contributed by atoms with Crippen molar-refractivity contribution in [2.24, 2.45) is 0 Å². The van der Waals surface area contributed by atoms with Crippen LogP contribution in [0.1, 0.15) is 35.3 Å². The van der Waals surface area contributed by atoms with E-state index in [0.717, 1.165) is 12.1 Å². The van der Waals surface area contributed by atoms with Crippen LogP contribution in [0.15, 0.2) is 18.2 Å². The number of carbonyl (C=O) groups is 1. The molecule has 1 aromatic carbocycles. The third-order valence-corrected chi connectivity index (χ3v) is 4.76. The third-order valence-electron chi connectivity index (χ3n) is 4.59. The summed E-state index contributed by atoms with van der Waals surface area (Å²) in [5.74, 6) is 0.240. The second kappa shape index (κ2) is 7.94. The number of halogens is 4. The zero-order chi connectivity index (χ0) is 22.2. The zero-order valence-corrected chi connectivity index (χ0v) is 16.5. The number of nitro benzene ring substituents is 1. The Morgan fingerprint density at radius 2 is 2.00 bits per heavy atom. The number of urea groups is 1. The normalized spacial score (nSPS) is 14.3. The van der Waals surface area contributed by atoms with Gasteiger partial charge < -0.3 is 15.5 Å². The van der Waals surface area contributed by atoms with Gasteiger partial charge in [0.15, 0.2) is 0 Å². The number of nitrogens with one attached hydrogen (secondary N) is 2. The molecule has 30 heavy (non-hydrogen) atoms. The Balaban J connectivity index is 1.95. The summed E-state index contributed by atoms with van der Waals surface area (Å²) < 4.78 is 39.5. The molecule has 13 heteroatoms. The number of amides is 2. The van der Waals surface area contributed by atoms with E-state index in [1.165, 1.54) is 18.9 Å². The largest absolute Gasteiger partial charge is 0.416 e. The Morgan fingerprint density at radius 1 is 1.30 bits per heavy atom. The van der Waals surface area contributed by atoms with Gasteiger partial charge in [-0.1, -0.05) is 0 Å². The van der Waals surface area contributed by atoms with Gasteiger partial charge in [-0.25, -0.2) is 14.8 Å². The summed E-state index contributed by atoms with van der Waals surface area (Å²) in [6.45, 7) is 1.90. The molecule has 0 saturated heterocycles. The highest BCUT2D eigenvalue weighted by molar-refractivity contribution is 6.28. The van der Waals surface area contributed by atoms with Gasteiger partial charge in [-0.2, -0.15) is 13.2 Å². The van der Waals surface area contributed by atoms with Gasteiger partial charge in [0.2, 0.25) is 5.28 Å². The van der Waals surface area contributed by atoms with Gasteiger partial charge in [-0.05, 0) is 30.2 Å². The number of hydrogen-bond acceptors (Lipinski definition) is 6. The van der Waals surface area contributed by atoms with Crippen molar-refractivity contribution >= 4 is 29.1 Å². The maximum absolute atomic E-state index is 13.2. The summed E-state index contributed by atoms with van der Waals surface area (Å²) in [6.07, 6.45) is -4.74. The predicted molar refractivity (Wildman–Crippen MR) is 101 cm³/mol.